The SMILES string of the molecule is C=C/C=C(\C=C/C)c1nnc(-c2ccccc2)c(/C(C=C)=C/C=C)c1C1=CCCC=C1. The van der Waals surface area contributed by atoms with E-state index in [4.69, 9.17) is 10.2 Å². The summed E-state index contributed by atoms with van der Waals surface area (Å²) in [5, 5.41) is 9.43. The molecule has 154 valence electrons. The van der Waals surface area contributed by atoms with Gasteiger partial charge >= 0.3 is 0 Å². The van der Waals surface area contributed by atoms with Crippen LogP contribution in [0.2, 0.25) is 0 Å². The van der Waals surface area contributed by atoms with Crippen molar-refractivity contribution < 1.29 is 0 Å². The summed E-state index contributed by atoms with van der Waals surface area (Å²) < 4.78 is 0. The van der Waals surface area contributed by atoms with E-state index in [-0.39, 0.29) is 0 Å². The van der Waals surface area contributed by atoms with Crippen LogP contribution in [0.25, 0.3) is 28.0 Å². The van der Waals surface area contributed by atoms with Gasteiger partial charge in [0, 0.05) is 22.3 Å². The zero-order valence-electron chi connectivity index (χ0n) is 18.1. The first-order chi connectivity index (χ1) is 15.2. The molecule has 0 amide bonds. The minimum absolute atomic E-state index is 0.822. The van der Waals surface area contributed by atoms with E-state index < -0.39 is 0 Å². The van der Waals surface area contributed by atoms with Gasteiger partial charge in [-0.25, -0.2) is 0 Å². The van der Waals surface area contributed by atoms with Crippen LogP contribution in [0.15, 0.2) is 111 Å². The number of allylic oxidation sites excluding steroid dienone is 13. The number of hydrogen-bond donors (Lipinski definition) is 0. The first-order valence-corrected chi connectivity index (χ1v) is 10.5. The minimum atomic E-state index is 0.822. The average molecular weight is 405 g/mol. The predicted octanol–water partition coefficient (Wildman–Crippen LogP) is 7.78. The number of aromatic nitrogens is 2. The Hall–Kier alpha value is -3.78. The average Bonchev–Trinajstić information content (AvgIpc) is 2.82. The lowest BCUT2D eigenvalue weighted by atomic mass is 9.86. The Bertz CT molecular complexity index is 1120. The van der Waals surface area contributed by atoms with Gasteiger partial charge in [0.2, 0.25) is 0 Å². The molecule has 1 aromatic carbocycles. The van der Waals surface area contributed by atoms with Crippen LogP contribution in [0.5, 0.6) is 0 Å². The van der Waals surface area contributed by atoms with E-state index in [9.17, 15) is 0 Å². The second-order valence-corrected chi connectivity index (χ2v) is 7.07. The first kappa shape index (κ1) is 21.9. The molecule has 31 heavy (non-hydrogen) atoms. The molecule has 0 N–H and O–H groups in total. The summed E-state index contributed by atoms with van der Waals surface area (Å²) >= 11 is 0. The number of nitrogens with zero attached hydrogens (tertiary/aromatic N) is 2. The third kappa shape index (κ3) is 4.87. The zero-order valence-corrected chi connectivity index (χ0v) is 18.1. The molecule has 0 unspecified atom stereocenters. The van der Waals surface area contributed by atoms with Crippen LogP contribution in [-0.4, -0.2) is 10.2 Å². The molecule has 1 aliphatic carbocycles. The summed E-state index contributed by atoms with van der Waals surface area (Å²) in [6.07, 6.45) is 22.1. The second kappa shape index (κ2) is 10.8. The van der Waals surface area contributed by atoms with Crippen LogP contribution in [0.3, 0.4) is 0 Å². The van der Waals surface area contributed by atoms with Crippen LogP contribution in [0, 0.1) is 0 Å². The van der Waals surface area contributed by atoms with Crippen LogP contribution >= 0.6 is 0 Å². The van der Waals surface area contributed by atoms with Crippen LogP contribution in [-0.2, 0) is 0 Å². The number of benzene rings is 1. The topological polar surface area (TPSA) is 25.8 Å². The van der Waals surface area contributed by atoms with Gasteiger partial charge < -0.3 is 0 Å². The van der Waals surface area contributed by atoms with Crippen molar-refractivity contribution in [2.45, 2.75) is 19.8 Å². The Kier molecular flexibility index (Phi) is 7.67. The van der Waals surface area contributed by atoms with E-state index in [1.807, 2.05) is 55.5 Å². The van der Waals surface area contributed by atoms with Crippen LogP contribution in [0.4, 0.5) is 0 Å². The fraction of sp³-hybridized carbons (Fsp3) is 0.103. The Balaban J connectivity index is 2.49. The molecule has 2 aromatic rings. The third-order valence-corrected chi connectivity index (χ3v) is 5.03. The van der Waals surface area contributed by atoms with Crippen molar-refractivity contribution in [2.24, 2.45) is 0 Å². The fourth-order valence-corrected chi connectivity index (χ4v) is 3.70. The van der Waals surface area contributed by atoms with Crippen molar-refractivity contribution in [2.75, 3.05) is 0 Å². The fourth-order valence-electron chi connectivity index (χ4n) is 3.70. The van der Waals surface area contributed by atoms with Crippen molar-refractivity contribution in [3.63, 3.8) is 0 Å². The highest BCUT2D eigenvalue weighted by atomic mass is 15.1. The Morgan fingerprint density at radius 2 is 1.68 bits per heavy atom. The molecule has 3 rings (SSSR count). The Labute approximate surface area is 185 Å². The summed E-state index contributed by atoms with van der Waals surface area (Å²) in [6.45, 7) is 13.9. The molecular weight excluding hydrogens is 376 g/mol. The summed E-state index contributed by atoms with van der Waals surface area (Å²) in [6, 6.07) is 10.2. The van der Waals surface area contributed by atoms with Gasteiger partial charge in [0.05, 0.1) is 0 Å². The number of hydrogen-bond acceptors (Lipinski definition) is 2. The molecule has 0 saturated carbocycles. The molecule has 0 radical (unpaired) electrons. The lowest BCUT2D eigenvalue weighted by Crippen LogP contribution is -2.07. The molecule has 1 aromatic heterocycles. The van der Waals surface area contributed by atoms with Gasteiger partial charge in [0.15, 0.2) is 0 Å². The molecule has 0 aliphatic heterocycles. The molecule has 0 atom stereocenters. The highest BCUT2D eigenvalue weighted by Gasteiger charge is 2.23. The predicted molar refractivity (Wildman–Crippen MR) is 135 cm³/mol. The standard InChI is InChI=1S/C29H28N2/c1-5-15-22(8-4)26-27(23-18-11-9-12-19-23)28(24(16-6-2)17-7-3)30-31-29(26)25-20-13-10-14-21-25/h5-8,10-11,13-21H,1-2,4,9,12H2,3H3/b17-7-,22-15+,24-16+. The molecule has 2 heteroatoms. The maximum Gasteiger partial charge on any atom is 0.101 e. The summed E-state index contributed by atoms with van der Waals surface area (Å²) in [7, 11) is 0. The summed E-state index contributed by atoms with van der Waals surface area (Å²) in [5.41, 5.74) is 7.76. The van der Waals surface area contributed by atoms with Crippen LogP contribution in [0.1, 0.15) is 36.6 Å². The molecule has 0 spiro atoms. The van der Waals surface area contributed by atoms with Gasteiger partial charge in [-0.1, -0.05) is 111 Å². The van der Waals surface area contributed by atoms with E-state index >= 15 is 0 Å². The van der Waals surface area contributed by atoms with Crippen molar-refractivity contribution in [3.8, 4) is 11.3 Å². The van der Waals surface area contributed by atoms with E-state index in [1.165, 1.54) is 0 Å². The lowest BCUT2D eigenvalue weighted by molar-refractivity contribution is 1.00. The highest BCUT2D eigenvalue weighted by molar-refractivity contribution is 5.97. The van der Waals surface area contributed by atoms with Crippen molar-refractivity contribution in [1.29, 1.82) is 0 Å². The largest absolute Gasteiger partial charge is 0.149 e. The lowest BCUT2D eigenvalue weighted by Gasteiger charge is -2.20. The molecule has 0 saturated heterocycles. The van der Waals surface area contributed by atoms with Gasteiger partial charge in [0.25, 0.3) is 0 Å². The number of rotatable bonds is 8. The summed E-state index contributed by atoms with van der Waals surface area (Å²) in [4.78, 5) is 0. The molecule has 2 nitrogen and oxygen atoms in total. The second-order valence-electron chi connectivity index (χ2n) is 7.07. The monoisotopic (exact) mass is 404 g/mol. The van der Waals surface area contributed by atoms with Gasteiger partial charge in [-0.3, -0.25) is 0 Å². The smallest absolute Gasteiger partial charge is 0.101 e. The Morgan fingerprint density at radius 3 is 2.29 bits per heavy atom. The highest BCUT2D eigenvalue weighted by Crippen LogP contribution is 2.39. The molecule has 1 heterocycles. The van der Waals surface area contributed by atoms with Gasteiger partial charge in [0.1, 0.15) is 11.4 Å². The van der Waals surface area contributed by atoms with E-state index in [0.717, 1.165) is 57.6 Å². The van der Waals surface area contributed by atoms with Crippen molar-refractivity contribution >= 4 is 16.7 Å². The van der Waals surface area contributed by atoms with E-state index in [0.29, 0.717) is 0 Å². The van der Waals surface area contributed by atoms with Gasteiger partial charge in [-0.15, -0.1) is 10.2 Å². The Morgan fingerprint density at radius 1 is 0.935 bits per heavy atom. The van der Waals surface area contributed by atoms with Gasteiger partial charge in [-0.2, -0.15) is 0 Å². The van der Waals surface area contributed by atoms with Crippen molar-refractivity contribution in [3.05, 3.63) is 128 Å². The minimum Gasteiger partial charge on any atom is -0.149 e. The van der Waals surface area contributed by atoms with Crippen LogP contribution < -0.4 is 0 Å². The third-order valence-electron chi connectivity index (χ3n) is 5.03. The van der Waals surface area contributed by atoms with E-state index in [2.05, 4.69) is 50.1 Å². The molecule has 0 bridgehead atoms. The molecule has 1 aliphatic rings. The van der Waals surface area contributed by atoms with Gasteiger partial charge in [-0.05, 0) is 30.9 Å². The first-order valence-electron chi connectivity index (χ1n) is 10.5. The maximum atomic E-state index is 4.73. The van der Waals surface area contributed by atoms with Crippen molar-refractivity contribution in [1.82, 2.24) is 10.2 Å². The molecular formula is C29H28N2. The normalized spacial score (nSPS) is 14.4. The maximum absolute atomic E-state index is 4.73. The van der Waals surface area contributed by atoms with E-state index in [1.54, 1.807) is 12.2 Å². The quantitative estimate of drug-likeness (QED) is 0.420. The zero-order chi connectivity index (χ0) is 22.1. The summed E-state index contributed by atoms with van der Waals surface area (Å²) in [5.74, 6) is 0. The molecule has 0 fully saturated rings.